The summed E-state index contributed by atoms with van der Waals surface area (Å²) in [7, 11) is 0. The Bertz CT molecular complexity index is 687. The number of fused-ring (bicyclic) bond motifs is 3. The summed E-state index contributed by atoms with van der Waals surface area (Å²) in [5.41, 5.74) is 2.07. The van der Waals surface area contributed by atoms with Gasteiger partial charge in [-0.3, -0.25) is 9.20 Å². The summed E-state index contributed by atoms with van der Waals surface area (Å²) in [5, 5.41) is 1.98. The van der Waals surface area contributed by atoms with E-state index in [-0.39, 0.29) is 11.3 Å². The molecule has 104 valence electrons. The molecule has 1 amide bonds. The van der Waals surface area contributed by atoms with Gasteiger partial charge in [0.2, 0.25) is 0 Å². The lowest BCUT2D eigenvalue weighted by Crippen LogP contribution is -2.35. The molecule has 2 fully saturated rings. The summed E-state index contributed by atoms with van der Waals surface area (Å²) >= 11 is 1.55. The van der Waals surface area contributed by atoms with Crippen molar-refractivity contribution < 1.29 is 4.79 Å². The lowest BCUT2D eigenvalue weighted by atomic mass is 9.75. The topological polar surface area (TPSA) is 37.6 Å². The molecule has 1 saturated heterocycles. The monoisotopic (exact) mass is 287 g/mol. The molecule has 0 radical (unpaired) electrons. The predicted molar refractivity (Wildman–Crippen MR) is 79.0 cm³/mol. The highest BCUT2D eigenvalue weighted by molar-refractivity contribution is 7.15. The maximum atomic E-state index is 12.7. The largest absolute Gasteiger partial charge is 0.333 e. The van der Waals surface area contributed by atoms with Crippen molar-refractivity contribution in [2.45, 2.75) is 32.2 Å². The van der Waals surface area contributed by atoms with Crippen LogP contribution in [0.1, 0.15) is 36.7 Å². The first-order chi connectivity index (χ1) is 9.54. The highest BCUT2D eigenvalue weighted by atomic mass is 32.1. The van der Waals surface area contributed by atoms with Gasteiger partial charge >= 0.3 is 0 Å². The third-order valence-electron chi connectivity index (χ3n) is 4.50. The van der Waals surface area contributed by atoms with Crippen molar-refractivity contribution in [3.63, 3.8) is 0 Å². The molecule has 4 rings (SSSR count). The van der Waals surface area contributed by atoms with Crippen LogP contribution in [0.4, 0.5) is 0 Å². The Kier molecular flexibility index (Phi) is 2.40. The van der Waals surface area contributed by atoms with Gasteiger partial charge in [0.05, 0.1) is 0 Å². The van der Waals surface area contributed by atoms with Gasteiger partial charge in [-0.2, -0.15) is 0 Å². The van der Waals surface area contributed by atoms with Crippen molar-refractivity contribution in [1.82, 2.24) is 14.3 Å². The summed E-state index contributed by atoms with van der Waals surface area (Å²) in [5.74, 6) is 0.0734. The fourth-order valence-electron chi connectivity index (χ4n) is 3.82. The zero-order chi connectivity index (χ0) is 13.9. The molecule has 2 aromatic rings. The lowest BCUT2D eigenvalue weighted by Gasteiger charge is -2.28. The molecule has 4 nitrogen and oxygen atoms in total. The summed E-state index contributed by atoms with van der Waals surface area (Å²) in [6.45, 7) is 7.24. The van der Waals surface area contributed by atoms with E-state index in [2.05, 4.69) is 18.5 Å². The number of carbonyl (C=O) groups is 1. The Labute approximate surface area is 121 Å². The number of imidazole rings is 1. The van der Waals surface area contributed by atoms with Crippen LogP contribution in [-0.2, 0) is 0 Å². The van der Waals surface area contributed by atoms with Crippen LogP contribution >= 0.6 is 11.3 Å². The smallest absolute Gasteiger partial charge is 0.274 e. The Hall–Kier alpha value is -1.62. The number of thiazole rings is 1. The van der Waals surface area contributed by atoms with Crippen molar-refractivity contribution >= 4 is 22.2 Å². The van der Waals surface area contributed by atoms with E-state index < -0.39 is 0 Å². The molecule has 3 heterocycles. The van der Waals surface area contributed by atoms with E-state index in [4.69, 9.17) is 0 Å². The first-order valence-electron chi connectivity index (χ1n) is 6.94. The number of hydrogen-bond donors (Lipinski definition) is 0. The second-order valence-corrected chi connectivity index (χ2v) is 7.32. The molecule has 2 aromatic heterocycles. The van der Waals surface area contributed by atoms with Gasteiger partial charge in [0, 0.05) is 30.4 Å². The number of nitrogens with zero attached hydrogens (tertiary/aromatic N) is 3. The molecular formula is C15H17N3OS. The molecule has 20 heavy (non-hydrogen) atoms. The SMILES string of the molecule is C=C1CC2CC(C)(C1)CN2C(=O)c1cn2ccsc2n1. The van der Waals surface area contributed by atoms with Crippen LogP contribution in [0.5, 0.6) is 0 Å². The van der Waals surface area contributed by atoms with E-state index >= 15 is 0 Å². The maximum absolute atomic E-state index is 12.7. The standard InChI is InChI=1S/C15H17N3OS/c1-10-5-11-7-15(2,6-10)9-18(11)13(19)12-8-17-3-4-20-14(17)16-12/h3-4,8,11H,1,5-7,9H2,2H3. The zero-order valence-corrected chi connectivity index (χ0v) is 12.3. The van der Waals surface area contributed by atoms with Gasteiger partial charge in [0.25, 0.3) is 5.91 Å². The van der Waals surface area contributed by atoms with Crippen molar-refractivity contribution in [3.05, 3.63) is 35.6 Å². The molecule has 5 heteroatoms. The van der Waals surface area contributed by atoms with Crippen molar-refractivity contribution in [1.29, 1.82) is 0 Å². The zero-order valence-electron chi connectivity index (χ0n) is 11.5. The van der Waals surface area contributed by atoms with Crippen molar-refractivity contribution in [2.24, 2.45) is 5.41 Å². The second-order valence-electron chi connectivity index (χ2n) is 6.45. The number of likely N-dealkylation sites (tertiary alicyclic amines) is 1. The number of amides is 1. The first kappa shape index (κ1) is 12.1. The molecular weight excluding hydrogens is 270 g/mol. The summed E-state index contributed by atoms with van der Waals surface area (Å²) in [6.07, 6.45) is 6.87. The molecule has 1 saturated carbocycles. The van der Waals surface area contributed by atoms with Gasteiger partial charge < -0.3 is 4.90 Å². The minimum absolute atomic E-state index is 0.0734. The minimum atomic E-state index is 0.0734. The normalized spacial score (nSPS) is 29.4. The summed E-state index contributed by atoms with van der Waals surface area (Å²) in [4.78, 5) is 20.1. The third kappa shape index (κ3) is 1.73. The van der Waals surface area contributed by atoms with E-state index in [1.54, 1.807) is 11.3 Å². The molecule has 2 atom stereocenters. The summed E-state index contributed by atoms with van der Waals surface area (Å²) < 4.78 is 1.92. The quantitative estimate of drug-likeness (QED) is 0.756. The van der Waals surface area contributed by atoms with Crippen molar-refractivity contribution in [3.8, 4) is 0 Å². The van der Waals surface area contributed by atoms with Crippen LogP contribution < -0.4 is 0 Å². The molecule has 2 aliphatic rings. The molecule has 1 aliphatic heterocycles. The molecule has 2 bridgehead atoms. The number of hydrogen-bond acceptors (Lipinski definition) is 3. The van der Waals surface area contributed by atoms with Crippen LogP contribution in [0.25, 0.3) is 4.96 Å². The highest BCUT2D eigenvalue weighted by Gasteiger charge is 2.46. The van der Waals surface area contributed by atoms with Crippen molar-refractivity contribution in [2.75, 3.05) is 6.54 Å². The Morgan fingerprint density at radius 1 is 1.60 bits per heavy atom. The number of rotatable bonds is 1. The minimum Gasteiger partial charge on any atom is -0.333 e. The highest BCUT2D eigenvalue weighted by Crippen LogP contribution is 2.47. The first-order valence-corrected chi connectivity index (χ1v) is 7.82. The molecule has 0 aromatic carbocycles. The average molecular weight is 287 g/mol. The third-order valence-corrected chi connectivity index (χ3v) is 5.27. The number of aromatic nitrogens is 2. The van der Waals surface area contributed by atoms with Crippen LogP contribution in [0.15, 0.2) is 29.9 Å². The average Bonchev–Trinajstić information content (AvgIpc) is 2.99. The van der Waals surface area contributed by atoms with Crippen LogP contribution in [0.3, 0.4) is 0 Å². The lowest BCUT2D eigenvalue weighted by molar-refractivity contribution is 0.0727. The Morgan fingerprint density at radius 2 is 2.45 bits per heavy atom. The van der Waals surface area contributed by atoms with Gasteiger partial charge in [0.15, 0.2) is 4.96 Å². The molecule has 0 spiro atoms. The Morgan fingerprint density at radius 3 is 3.25 bits per heavy atom. The van der Waals surface area contributed by atoms with Gasteiger partial charge in [-0.25, -0.2) is 4.98 Å². The van der Waals surface area contributed by atoms with E-state index in [9.17, 15) is 4.79 Å². The van der Waals surface area contributed by atoms with Crippen LogP contribution in [0, 0.1) is 5.41 Å². The van der Waals surface area contributed by atoms with Gasteiger partial charge in [-0.15, -0.1) is 11.3 Å². The fourth-order valence-corrected chi connectivity index (χ4v) is 4.52. The van der Waals surface area contributed by atoms with E-state index in [1.807, 2.05) is 27.1 Å². The van der Waals surface area contributed by atoms with Gasteiger partial charge in [0.1, 0.15) is 5.69 Å². The van der Waals surface area contributed by atoms with Crippen LogP contribution in [0.2, 0.25) is 0 Å². The van der Waals surface area contributed by atoms with Crippen LogP contribution in [-0.4, -0.2) is 32.8 Å². The predicted octanol–water partition coefficient (Wildman–Crippen LogP) is 2.97. The second kappa shape index (κ2) is 3.95. The van der Waals surface area contributed by atoms with E-state index in [0.717, 1.165) is 30.8 Å². The van der Waals surface area contributed by atoms with Gasteiger partial charge in [-0.05, 0) is 24.7 Å². The summed E-state index contributed by atoms with van der Waals surface area (Å²) in [6, 6.07) is 0.313. The van der Waals surface area contributed by atoms with E-state index in [1.165, 1.54) is 5.57 Å². The fraction of sp³-hybridized carbons (Fsp3) is 0.467. The molecule has 0 N–H and O–H groups in total. The molecule has 2 unspecified atom stereocenters. The Balaban J connectivity index is 1.66. The number of carbonyl (C=O) groups excluding carboxylic acids is 1. The molecule has 1 aliphatic carbocycles. The van der Waals surface area contributed by atoms with E-state index in [0.29, 0.717) is 11.7 Å². The maximum Gasteiger partial charge on any atom is 0.274 e. The van der Waals surface area contributed by atoms with Gasteiger partial charge in [-0.1, -0.05) is 19.1 Å².